The Morgan fingerprint density at radius 1 is 1.60 bits per heavy atom. The van der Waals surface area contributed by atoms with Crippen molar-refractivity contribution in [2.24, 2.45) is 0 Å². The van der Waals surface area contributed by atoms with Crippen LogP contribution in [-0.2, 0) is 4.74 Å². The lowest BCUT2D eigenvalue weighted by atomic mass is 11.6. The third kappa shape index (κ3) is 5.42. The van der Waals surface area contributed by atoms with Crippen molar-refractivity contribution in [2.75, 3.05) is 7.11 Å². The normalized spacial score (nSPS) is 9.60. The number of methoxy groups -OCH3 is 1. The summed E-state index contributed by atoms with van der Waals surface area (Å²) in [5.41, 5.74) is 0. The summed E-state index contributed by atoms with van der Waals surface area (Å²) >= 11 is 4.34. The molecule has 1 nitrogen and oxygen atoms in total. The van der Waals surface area contributed by atoms with E-state index in [1.165, 1.54) is 0 Å². The van der Waals surface area contributed by atoms with Crippen molar-refractivity contribution in [1.82, 2.24) is 0 Å². The van der Waals surface area contributed by atoms with Crippen LogP contribution in [0.3, 0.4) is 0 Å². The number of halogens is 2. The third-order valence-electron chi connectivity index (χ3n) is 0.178. The van der Waals surface area contributed by atoms with Gasteiger partial charge in [0, 0.05) is 7.11 Å². The molecule has 0 saturated heterocycles. The molecule has 0 aromatic rings. The van der Waals surface area contributed by atoms with Crippen molar-refractivity contribution in [2.45, 2.75) is 2.12 Å². The molecule has 0 heterocycles. The summed E-state index contributed by atoms with van der Waals surface area (Å²) in [5, 5.41) is 0. The van der Waals surface area contributed by atoms with Gasteiger partial charge in [-0.05, 0) is 45.2 Å². The lowest BCUT2D eigenvalue weighted by Crippen LogP contribution is -1.82. The quantitative estimate of drug-likeness (QED) is 0.530. The van der Waals surface area contributed by atoms with E-state index in [2.05, 4.69) is 45.2 Å². The maximum Gasteiger partial charge on any atom is 0.159 e. The Bertz CT molecular complexity index is 21.6. The summed E-state index contributed by atoms with van der Waals surface area (Å²) < 4.78 is 5.05. The molecule has 0 aromatic heterocycles. The fourth-order valence-corrected chi connectivity index (χ4v) is 0. The van der Waals surface area contributed by atoms with Gasteiger partial charge in [-0.1, -0.05) is 0 Å². The second-order valence-electron chi connectivity index (χ2n) is 0.496. The minimum atomic E-state index is 0.324. The zero-order chi connectivity index (χ0) is 4.28. The molecule has 0 aliphatic carbocycles. The zero-order valence-corrected chi connectivity index (χ0v) is 7.06. The SMILES string of the molecule is COC(I)I. The lowest BCUT2D eigenvalue weighted by Gasteiger charge is -1.90. The van der Waals surface area contributed by atoms with Crippen LogP contribution in [-0.4, -0.2) is 9.23 Å². The van der Waals surface area contributed by atoms with Gasteiger partial charge in [-0.2, -0.15) is 0 Å². The first-order valence-electron chi connectivity index (χ1n) is 1.08. The molecule has 0 aliphatic rings. The Hall–Kier alpha value is 1.42. The molecule has 32 valence electrons. The molecule has 0 aliphatic heterocycles. The van der Waals surface area contributed by atoms with E-state index < -0.39 is 0 Å². The van der Waals surface area contributed by atoms with Crippen LogP contribution in [0.4, 0.5) is 0 Å². The van der Waals surface area contributed by atoms with Gasteiger partial charge in [0.25, 0.3) is 0 Å². The summed E-state index contributed by atoms with van der Waals surface area (Å²) in [6.07, 6.45) is 0. The van der Waals surface area contributed by atoms with Crippen LogP contribution < -0.4 is 0 Å². The molecule has 3 heteroatoms. The van der Waals surface area contributed by atoms with Crippen molar-refractivity contribution in [1.29, 1.82) is 0 Å². The Balaban J connectivity index is 2.54. The van der Waals surface area contributed by atoms with Gasteiger partial charge in [0.2, 0.25) is 0 Å². The number of rotatable bonds is 1. The van der Waals surface area contributed by atoms with E-state index in [-0.39, 0.29) is 0 Å². The van der Waals surface area contributed by atoms with Gasteiger partial charge in [0.05, 0.1) is 0 Å². The van der Waals surface area contributed by atoms with E-state index in [1.54, 1.807) is 7.11 Å². The highest BCUT2D eigenvalue weighted by atomic mass is 127. The van der Waals surface area contributed by atoms with E-state index >= 15 is 0 Å². The monoisotopic (exact) mass is 298 g/mol. The number of hydrogen-bond acceptors (Lipinski definition) is 1. The molecule has 0 amide bonds. The molecule has 0 N–H and O–H groups in total. The van der Waals surface area contributed by atoms with Crippen molar-refractivity contribution in [3.05, 3.63) is 0 Å². The van der Waals surface area contributed by atoms with Crippen LogP contribution in [0.25, 0.3) is 0 Å². The number of alkyl halides is 2. The highest BCUT2D eigenvalue weighted by Crippen LogP contribution is 2.07. The second-order valence-corrected chi connectivity index (χ2v) is 5.14. The lowest BCUT2D eigenvalue weighted by molar-refractivity contribution is 0.256. The Labute approximate surface area is 58.7 Å². The van der Waals surface area contributed by atoms with Crippen molar-refractivity contribution < 1.29 is 4.74 Å². The van der Waals surface area contributed by atoms with Crippen LogP contribution in [0.2, 0.25) is 0 Å². The van der Waals surface area contributed by atoms with Crippen molar-refractivity contribution in [3.8, 4) is 0 Å². The smallest absolute Gasteiger partial charge is 0.159 e. The van der Waals surface area contributed by atoms with Crippen molar-refractivity contribution >= 4 is 45.2 Å². The molecule has 0 fully saturated rings. The molecular formula is C2H4I2O. The Morgan fingerprint density at radius 2 is 1.80 bits per heavy atom. The standard InChI is InChI=1S/C2H4I2O/c1-5-2(3)4/h2H,1H3. The Morgan fingerprint density at radius 3 is 1.80 bits per heavy atom. The minimum Gasteiger partial charge on any atom is -0.361 e. The van der Waals surface area contributed by atoms with Gasteiger partial charge in [-0.25, -0.2) is 0 Å². The predicted molar refractivity (Wildman–Crippen MR) is 38.8 cm³/mol. The second kappa shape index (κ2) is 3.60. The summed E-state index contributed by atoms with van der Waals surface area (Å²) in [7, 11) is 1.68. The van der Waals surface area contributed by atoms with Crippen LogP contribution >= 0.6 is 45.2 Å². The van der Waals surface area contributed by atoms with Gasteiger partial charge in [-0.15, -0.1) is 0 Å². The molecule has 0 radical (unpaired) electrons. The van der Waals surface area contributed by atoms with Gasteiger partial charge in [0.1, 0.15) is 0 Å². The molecule has 0 saturated carbocycles. The molecule has 0 spiro atoms. The highest BCUT2D eigenvalue weighted by molar-refractivity contribution is 14.2. The van der Waals surface area contributed by atoms with E-state index in [0.717, 1.165) is 0 Å². The highest BCUT2D eigenvalue weighted by Gasteiger charge is 1.84. The summed E-state index contributed by atoms with van der Waals surface area (Å²) in [6, 6.07) is 0. The molecule has 5 heavy (non-hydrogen) atoms. The van der Waals surface area contributed by atoms with Gasteiger partial charge in [0.15, 0.2) is 2.12 Å². The maximum atomic E-state index is 4.72. The van der Waals surface area contributed by atoms with Gasteiger partial charge in [-0.3, -0.25) is 0 Å². The average Bonchev–Trinajstić information content (AvgIpc) is 1.38. The largest absolute Gasteiger partial charge is 0.361 e. The Kier molecular flexibility index (Phi) is 4.63. The summed E-state index contributed by atoms with van der Waals surface area (Å²) in [4.78, 5) is 0. The minimum absolute atomic E-state index is 0.324. The van der Waals surface area contributed by atoms with E-state index in [1.807, 2.05) is 0 Å². The van der Waals surface area contributed by atoms with E-state index in [9.17, 15) is 0 Å². The molecule has 0 rings (SSSR count). The molecule has 0 atom stereocenters. The van der Waals surface area contributed by atoms with Crippen LogP contribution in [0.15, 0.2) is 0 Å². The van der Waals surface area contributed by atoms with E-state index in [4.69, 9.17) is 4.74 Å². The third-order valence-corrected chi connectivity index (χ3v) is 1.20. The maximum absolute atomic E-state index is 4.72. The molecular weight excluding hydrogens is 294 g/mol. The van der Waals surface area contributed by atoms with Crippen molar-refractivity contribution in [3.63, 3.8) is 0 Å². The van der Waals surface area contributed by atoms with Crippen LogP contribution in [0.1, 0.15) is 0 Å². The first-order chi connectivity index (χ1) is 2.27. The fraction of sp³-hybridized carbons (Fsp3) is 1.00. The topological polar surface area (TPSA) is 9.23 Å². The molecule has 0 aromatic carbocycles. The van der Waals surface area contributed by atoms with Gasteiger partial charge >= 0.3 is 0 Å². The summed E-state index contributed by atoms with van der Waals surface area (Å²) in [5.74, 6) is 0. The van der Waals surface area contributed by atoms with Crippen LogP contribution in [0.5, 0.6) is 0 Å². The first-order valence-corrected chi connectivity index (χ1v) is 3.57. The first kappa shape index (κ1) is 6.42. The average molecular weight is 298 g/mol. The summed E-state index contributed by atoms with van der Waals surface area (Å²) in [6.45, 7) is 0. The van der Waals surface area contributed by atoms with E-state index in [0.29, 0.717) is 2.12 Å². The zero-order valence-electron chi connectivity index (χ0n) is 2.74. The number of hydrogen-bond donors (Lipinski definition) is 0. The molecule has 0 unspecified atom stereocenters. The van der Waals surface area contributed by atoms with Gasteiger partial charge < -0.3 is 4.74 Å². The number of ether oxygens (including phenoxy) is 1. The molecule has 0 bridgehead atoms. The predicted octanol–water partition coefficient (Wildman–Crippen LogP) is 1.79. The van der Waals surface area contributed by atoms with Crippen LogP contribution in [0, 0.1) is 0 Å². The fourth-order valence-electron chi connectivity index (χ4n) is 0.